The fourth-order valence-electron chi connectivity index (χ4n) is 8.36. The first-order valence-electron chi connectivity index (χ1n) is 21.9. The number of hydrogen-bond donors (Lipinski definition) is 4. The fourth-order valence-corrected chi connectivity index (χ4v) is 9.88. The second-order valence-corrected chi connectivity index (χ2v) is 20.8. The molecule has 4 rings (SSSR count). The van der Waals surface area contributed by atoms with Gasteiger partial charge < -0.3 is 33.7 Å². The first kappa shape index (κ1) is 54.7. The number of ether oxygens (including phenoxy) is 5. The molecule has 2 aliphatic heterocycles. The summed E-state index contributed by atoms with van der Waals surface area (Å²) < 4.78 is 132. The molecule has 2 atom stereocenters. The number of carboxylic acid groups (broad SMARTS) is 1. The Morgan fingerprint density at radius 3 is 1.83 bits per heavy atom. The highest BCUT2D eigenvalue weighted by Gasteiger charge is 2.48. The van der Waals surface area contributed by atoms with Crippen LogP contribution in [0.3, 0.4) is 0 Å². The number of anilines is 1. The van der Waals surface area contributed by atoms with E-state index in [1.807, 2.05) is 43.6 Å². The molecule has 18 nitrogen and oxygen atoms in total. The van der Waals surface area contributed by atoms with E-state index in [0.717, 1.165) is 11.4 Å². The summed E-state index contributed by atoms with van der Waals surface area (Å²) in [7, 11) is -11.8. The molecule has 2 unspecified atom stereocenters. The van der Waals surface area contributed by atoms with E-state index in [1.54, 1.807) is 31.4 Å². The number of benzene rings is 2. The third-order valence-corrected chi connectivity index (χ3v) is 14.2. The van der Waals surface area contributed by atoms with Gasteiger partial charge >= 0.3 is 5.97 Å². The minimum Gasteiger partial charge on any atom is -0.481 e. The Morgan fingerprint density at radius 1 is 0.697 bits per heavy atom. The number of hydrogen-bond acceptors (Lipinski definition) is 13. The standard InChI is InChI=1S/C45H64N2O16S3/c1-5-46-39-18-16-35(65(53,54)55)33-37(39)45(3,21-23-60-26-27-62-30-31-63-29-28-61-25-24-59-4)41(46)13-8-6-9-14-42-44(2,20-12-32-64(50,51)52)38-34-36(66(56,57)58)17-19-40(38)47(42)22-11-7-10-15-43(48)49/h6,8-9,13-14,16-19,33-34H,5,7,10-12,15,20-32H2,1-4H3,(H3-,48,49,50,51,52,53,54,55,56,57,58)/p+1. The van der Waals surface area contributed by atoms with Crippen LogP contribution in [-0.2, 0) is 69.7 Å². The van der Waals surface area contributed by atoms with Crippen LogP contribution in [0.4, 0.5) is 11.4 Å². The van der Waals surface area contributed by atoms with E-state index in [0.29, 0.717) is 121 Å². The van der Waals surface area contributed by atoms with Crippen molar-refractivity contribution in [2.24, 2.45) is 0 Å². The molecular weight excluding hydrogens is 921 g/mol. The van der Waals surface area contributed by atoms with E-state index in [4.69, 9.17) is 28.8 Å². The Morgan fingerprint density at radius 2 is 1.27 bits per heavy atom. The third kappa shape index (κ3) is 15.3. The van der Waals surface area contributed by atoms with Crippen LogP contribution in [-0.4, -0.2) is 146 Å². The number of carboxylic acids is 1. The van der Waals surface area contributed by atoms with E-state index in [9.17, 15) is 43.7 Å². The van der Waals surface area contributed by atoms with Gasteiger partial charge in [-0.1, -0.05) is 18.2 Å². The summed E-state index contributed by atoms with van der Waals surface area (Å²) in [6, 6.07) is 8.78. The van der Waals surface area contributed by atoms with Gasteiger partial charge in [0.05, 0.1) is 73.8 Å². The predicted molar refractivity (Wildman–Crippen MR) is 248 cm³/mol. The van der Waals surface area contributed by atoms with E-state index in [2.05, 4.69) is 4.90 Å². The molecule has 21 heteroatoms. The Bertz CT molecular complexity index is 2430. The van der Waals surface area contributed by atoms with E-state index >= 15 is 0 Å². The molecule has 0 fully saturated rings. The number of methoxy groups -OCH3 is 1. The summed E-state index contributed by atoms with van der Waals surface area (Å²) >= 11 is 0. The zero-order valence-electron chi connectivity index (χ0n) is 38.1. The van der Waals surface area contributed by atoms with Gasteiger partial charge in [-0.3, -0.25) is 18.5 Å². The summed E-state index contributed by atoms with van der Waals surface area (Å²) in [5, 5.41) is 9.15. The van der Waals surface area contributed by atoms with Crippen molar-refractivity contribution in [3.63, 3.8) is 0 Å². The zero-order chi connectivity index (χ0) is 48.6. The summed E-state index contributed by atoms with van der Waals surface area (Å²) in [5.41, 5.74) is 2.43. The van der Waals surface area contributed by atoms with E-state index < -0.39 is 52.9 Å². The second-order valence-electron chi connectivity index (χ2n) is 16.3. The topological polar surface area (TPSA) is 253 Å². The number of aliphatic carboxylic acids is 1. The Labute approximate surface area is 389 Å². The predicted octanol–water partition coefficient (Wildman–Crippen LogP) is 5.75. The summed E-state index contributed by atoms with van der Waals surface area (Å²) in [4.78, 5) is 12.7. The maximum Gasteiger partial charge on any atom is 0.303 e. The lowest BCUT2D eigenvalue weighted by atomic mass is 9.76. The molecule has 0 radical (unpaired) electrons. The lowest BCUT2D eigenvalue weighted by molar-refractivity contribution is -0.438. The van der Waals surface area contributed by atoms with Crippen molar-refractivity contribution < 1.29 is 77.1 Å². The van der Waals surface area contributed by atoms with Gasteiger partial charge in [0.2, 0.25) is 5.69 Å². The number of carbonyl (C=O) groups is 1. The number of likely N-dealkylation sites (N-methyl/N-ethyl adjacent to an activating group) is 1. The Hall–Kier alpha value is -3.87. The second kappa shape index (κ2) is 24.9. The minimum atomic E-state index is -4.61. The van der Waals surface area contributed by atoms with Crippen molar-refractivity contribution >= 4 is 53.4 Å². The number of rotatable bonds is 31. The van der Waals surface area contributed by atoms with Crippen molar-refractivity contribution in [1.29, 1.82) is 0 Å². The molecule has 4 N–H and O–H groups in total. The molecule has 2 aromatic rings. The van der Waals surface area contributed by atoms with Crippen LogP contribution < -0.4 is 4.90 Å². The Balaban J connectivity index is 1.61. The van der Waals surface area contributed by atoms with Crippen LogP contribution in [0.15, 0.2) is 82.3 Å². The molecule has 0 saturated carbocycles. The largest absolute Gasteiger partial charge is 0.481 e. The average molecular weight is 986 g/mol. The third-order valence-electron chi connectivity index (χ3n) is 11.7. The zero-order valence-corrected chi connectivity index (χ0v) is 40.5. The first-order valence-corrected chi connectivity index (χ1v) is 26.3. The van der Waals surface area contributed by atoms with Gasteiger partial charge in [0.1, 0.15) is 6.54 Å². The molecule has 0 spiro atoms. The molecule has 0 bridgehead atoms. The fraction of sp³-hybridized carbons (Fsp3) is 0.556. The van der Waals surface area contributed by atoms with Crippen molar-refractivity contribution in [3.8, 4) is 0 Å². The molecule has 0 amide bonds. The summed E-state index contributed by atoms with van der Waals surface area (Å²) in [6.07, 6.45) is 11.5. The lowest BCUT2D eigenvalue weighted by Crippen LogP contribution is -2.32. The molecule has 0 aliphatic carbocycles. The highest BCUT2D eigenvalue weighted by Crippen LogP contribution is 2.50. The quantitative estimate of drug-likeness (QED) is 0.0304. The number of unbranched alkanes of at least 4 members (excludes halogenated alkanes) is 2. The molecule has 66 heavy (non-hydrogen) atoms. The minimum absolute atomic E-state index is 0.00590. The summed E-state index contributed by atoms with van der Waals surface area (Å²) in [5.74, 6) is -1.43. The van der Waals surface area contributed by atoms with Gasteiger partial charge in [0, 0.05) is 67.6 Å². The molecule has 368 valence electrons. The van der Waals surface area contributed by atoms with Gasteiger partial charge in [0.15, 0.2) is 5.71 Å². The molecule has 2 aromatic carbocycles. The lowest BCUT2D eigenvalue weighted by Gasteiger charge is -2.30. The highest BCUT2D eigenvalue weighted by molar-refractivity contribution is 7.86. The van der Waals surface area contributed by atoms with Crippen molar-refractivity contribution in [2.75, 3.05) is 90.3 Å². The maximum atomic E-state index is 12.3. The Kier molecular flexibility index (Phi) is 20.7. The van der Waals surface area contributed by atoms with E-state index in [-0.39, 0.29) is 29.1 Å². The molecular formula is C45H65N2O16S3+. The molecule has 0 aromatic heterocycles. The van der Waals surface area contributed by atoms with Crippen molar-refractivity contribution in [3.05, 3.63) is 83.6 Å². The number of fused-ring (bicyclic) bond motifs is 2. The summed E-state index contributed by atoms with van der Waals surface area (Å²) in [6.45, 7) is 10.4. The average Bonchev–Trinajstić information content (AvgIpc) is 3.61. The molecule has 0 saturated heterocycles. The van der Waals surface area contributed by atoms with Crippen molar-refractivity contribution in [1.82, 2.24) is 0 Å². The highest BCUT2D eigenvalue weighted by atomic mass is 32.2. The van der Waals surface area contributed by atoms with Gasteiger partial charge in [-0.15, -0.1) is 0 Å². The number of nitrogens with zero attached hydrogens (tertiary/aromatic N) is 2. The van der Waals surface area contributed by atoms with Gasteiger partial charge in [0.25, 0.3) is 30.4 Å². The van der Waals surface area contributed by atoms with Crippen LogP contribution >= 0.6 is 0 Å². The smallest absolute Gasteiger partial charge is 0.303 e. The van der Waals surface area contributed by atoms with Crippen LogP contribution in [0.2, 0.25) is 0 Å². The van der Waals surface area contributed by atoms with Crippen molar-refractivity contribution in [2.45, 2.75) is 86.3 Å². The monoisotopic (exact) mass is 985 g/mol. The van der Waals surface area contributed by atoms with E-state index in [1.165, 1.54) is 24.3 Å². The van der Waals surface area contributed by atoms with Crippen LogP contribution in [0.1, 0.15) is 76.8 Å². The molecule has 2 heterocycles. The molecule has 2 aliphatic rings. The van der Waals surface area contributed by atoms with Gasteiger partial charge in [-0.25, -0.2) is 0 Å². The SMILES string of the molecule is CCN1/C(=C/C=C/C=C/C2=[N+](CCCCCC(=O)O)c3ccc(S(=O)(=O)O)cc3C2(C)CCCS(=O)(=O)O)C(C)(CCOCCOCCOCCOCCOC)c2cc(S(=O)(=O)O)ccc21. The maximum absolute atomic E-state index is 12.3. The van der Waals surface area contributed by atoms with Gasteiger partial charge in [-0.05, 0) is 94.8 Å². The van der Waals surface area contributed by atoms with Gasteiger partial charge in [-0.2, -0.15) is 29.8 Å². The van der Waals surface area contributed by atoms with Crippen LogP contribution in [0, 0.1) is 0 Å². The first-order chi connectivity index (χ1) is 31.2. The van der Waals surface area contributed by atoms with Crippen LogP contribution in [0.25, 0.3) is 0 Å². The normalized spacial score (nSPS) is 19.5. The number of allylic oxidation sites excluding steroid dienone is 6. The van der Waals surface area contributed by atoms with Crippen LogP contribution in [0.5, 0.6) is 0 Å².